The van der Waals surface area contributed by atoms with Gasteiger partial charge in [-0.1, -0.05) is 25.1 Å². The van der Waals surface area contributed by atoms with Gasteiger partial charge in [-0.15, -0.1) is 0 Å². The molecule has 0 aliphatic heterocycles. The van der Waals surface area contributed by atoms with E-state index in [1.807, 2.05) is 11.7 Å². The number of rotatable bonds is 5. The molecular formula is C17H24N2O. The van der Waals surface area contributed by atoms with Gasteiger partial charge in [0.1, 0.15) is 0 Å². The van der Waals surface area contributed by atoms with Gasteiger partial charge in [-0.3, -0.25) is 4.68 Å². The van der Waals surface area contributed by atoms with Crippen molar-refractivity contribution in [1.82, 2.24) is 9.78 Å². The zero-order valence-corrected chi connectivity index (χ0v) is 12.8. The first kappa shape index (κ1) is 14.8. The Morgan fingerprint density at radius 1 is 1.15 bits per heavy atom. The van der Waals surface area contributed by atoms with Gasteiger partial charge in [-0.25, -0.2) is 0 Å². The van der Waals surface area contributed by atoms with Gasteiger partial charge in [0.25, 0.3) is 0 Å². The van der Waals surface area contributed by atoms with E-state index in [1.165, 1.54) is 16.7 Å². The summed E-state index contributed by atoms with van der Waals surface area (Å²) < 4.78 is 1.88. The van der Waals surface area contributed by atoms with Gasteiger partial charge in [0.05, 0.1) is 11.8 Å². The second kappa shape index (κ2) is 6.23. The number of hydrogen-bond donors (Lipinski definition) is 1. The van der Waals surface area contributed by atoms with Crippen LogP contribution in [0.4, 0.5) is 0 Å². The average Bonchev–Trinajstić information content (AvgIpc) is 2.74. The number of aliphatic hydroxyl groups is 1. The fourth-order valence-electron chi connectivity index (χ4n) is 2.45. The van der Waals surface area contributed by atoms with Crippen LogP contribution in [0.25, 0.3) is 0 Å². The second-order valence-electron chi connectivity index (χ2n) is 5.58. The summed E-state index contributed by atoms with van der Waals surface area (Å²) in [5.41, 5.74) is 5.95. The second-order valence-corrected chi connectivity index (χ2v) is 5.58. The molecule has 3 nitrogen and oxygen atoms in total. The lowest BCUT2D eigenvalue weighted by Gasteiger charge is -2.12. The van der Waals surface area contributed by atoms with Gasteiger partial charge >= 0.3 is 0 Å². The fourth-order valence-corrected chi connectivity index (χ4v) is 2.45. The Labute approximate surface area is 121 Å². The smallest absolute Gasteiger partial charge is 0.0635 e. The van der Waals surface area contributed by atoms with Gasteiger partial charge < -0.3 is 5.11 Å². The molecule has 0 radical (unpaired) electrons. The summed E-state index contributed by atoms with van der Waals surface area (Å²) in [5.74, 6) is 0. The van der Waals surface area contributed by atoms with Crippen LogP contribution in [0, 0.1) is 13.8 Å². The summed E-state index contributed by atoms with van der Waals surface area (Å²) in [6, 6.07) is 8.48. The van der Waals surface area contributed by atoms with Gasteiger partial charge in [-0.05, 0) is 49.4 Å². The largest absolute Gasteiger partial charge is 0.392 e. The first-order chi connectivity index (χ1) is 9.49. The number of benzene rings is 1. The Morgan fingerprint density at radius 3 is 2.50 bits per heavy atom. The van der Waals surface area contributed by atoms with Crippen molar-refractivity contribution in [2.24, 2.45) is 7.05 Å². The van der Waals surface area contributed by atoms with Gasteiger partial charge in [0.15, 0.2) is 0 Å². The Bertz CT molecular complexity index is 587. The zero-order valence-electron chi connectivity index (χ0n) is 12.8. The van der Waals surface area contributed by atoms with E-state index in [1.54, 1.807) is 0 Å². The van der Waals surface area contributed by atoms with Crippen molar-refractivity contribution in [2.75, 3.05) is 0 Å². The van der Waals surface area contributed by atoms with E-state index >= 15 is 0 Å². The van der Waals surface area contributed by atoms with Gasteiger partial charge in [0.2, 0.25) is 0 Å². The summed E-state index contributed by atoms with van der Waals surface area (Å²) in [5, 5.41) is 14.7. The van der Waals surface area contributed by atoms with Crippen molar-refractivity contribution >= 4 is 0 Å². The molecule has 0 aliphatic rings. The van der Waals surface area contributed by atoms with Gasteiger partial charge in [0, 0.05) is 19.2 Å². The molecule has 0 bridgehead atoms. The molecule has 2 rings (SSSR count). The van der Waals surface area contributed by atoms with Crippen molar-refractivity contribution in [1.29, 1.82) is 0 Å². The Morgan fingerprint density at radius 2 is 1.90 bits per heavy atom. The third-order valence-corrected chi connectivity index (χ3v) is 3.88. The predicted molar refractivity (Wildman–Crippen MR) is 81.9 cm³/mol. The van der Waals surface area contributed by atoms with Crippen molar-refractivity contribution in [2.45, 2.75) is 46.1 Å². The van der Waals surface area contributed by atoms with E-state index < -0.39 is 0 Å². The minimum Gasteiger partial charge on any atom is -0.392 e. The highest BCUT2D eigenvalue weighted by molar-refractivity contribution is 5.30. The topological polar surface area (TPSA) is 38.0 Å². The predicted octanol–water partition coefficient (Wildman–Crippen LogP) is 2.75. The maximum atomic E-state index is 10.3. The fraction of sp³-hybridized carbons (Fsp3) is 0.471. The maximum absolute atomic E-state index is 10.3. The Balaban J connectivity index is 2.02. The lowest BCUT2D eigenvalue weighted by Crippen LogP contribution is -2.16. The molecular weight excluding hydrogens is 248 g/mol. The number of aryl methyl sites for hydroxylation is 4. The highest BCUT2D eigenvalue weighted by atomic mass is 16.3. The summed E-state index contributed by atoms with van der Waals surface area (Å²) in [4.78, 5) is 0. The van der Waals surface area contributed by atoms with Crippen molar-refractivity contribution < 1.29 is 5.11 Å². The molecule has 0 saturated heterocycles. The van der Waals surface area contributed by atoms with Crippen LogP contribution < -0.4 is 0 Å². The first-order valence-electron chi connectivity index (χ1n) is 7.25. The SMILES string of the molecule is CCc1cc(CC(O)Cc2ccc(C)c(C)c2)n(C)n1. The molecule has 1 N–H and O–H groups in total. The standard InChI is InChI=1S/C17H24N2O/c1-5-15-10-16(19(4)18-15)11-17(20)9-14-7-6-12(2)13(3)8-14/h6-8,10,17,20H,5,9,11H2,1-4H3. The average molecular weight is 272 g/mol. The summed E-state index contributed by atoms with van der Waals surface area (Å²) in [6.45, 7) is 6.31. The molecule has 0 saturated carbocycles. The van der Waals surface area contributed by atoms with E-state index in [9.17, 15) is 5.11 Å². The molecule has 1 aromatic carbocycles. The van der Waals surface area contributed by atoms with E-state index in [0.717, 1.165) is 17.8 Å². The minimum absolute atomic E-state index is 0.364. The van der Waals surface area contributed by atoms with Crippen molar-refractivity contribution in [3.8, 4) is 0 Å². The van der Waals surface area contributed by atoms with E-state index in [0.29, 0.717) is 12.8 Å². The van der Waals surface area contributed by atoms with Crippen molar-refractivity contribution in [3.05, 3.63) is 52.3 Å². The highest BCUT2D eigenvalue weighted by Crippen LogP contribution is 2.14. The first-order valence-corrected chi connectivity index (χ1v) is 7.25. The quantitative estimate of drug-likeness (QED) is 0.909. The molecule has 1 heterocycles. The molecule has 0 aliphatic carbocycles. The molecule has 1 atom stereocenters. The van der Waals surface area contributed by atoms with Crippen LogP contribution in [0.2, 0.25) is 0 Å². The van der Waals surface area contributed by atoms with Crippen LogP contribution >= 0.6 is 0 Å². The van der Waals surface area contributed by atoms with E-state index in [2.05, 4.69) is 50.1 Å². The third kappa shape index (κ3) is 3.48. The number of nitrogens with zero attached hydrogens (tertiary/aromatic N) is 2. The molecule has 1 aromatic heterocycles. The molecule has 20 heavy (non-hydrogen) atoms. The molecule has 0 spiro atoms. The third-order valence-electron chi connectivity index (χ3n) is 3.88. The Hall–Kier alpha value is -1.61. The minimum atomic E-state index is -0.364. The molecule has 108 valence electrons. The number of hydrogen-bond acceptors (Lipinski definition) is 2. The van der Waals surface area contributed by atoms with E-state index in [-0.39, 0.29) is 6.10 Å². The van der Waals surface area contributed by atoms with Crippen molar-refractivity contribution in [3.63, 3.8) is 0 Å². The summed E-state index contributed by atoms with van der Waals surface area (Å²) in [6.07, 6.45) is 1.91. The molecule has 0 fully saturated rings. The van der Waals surface area contributed by atoms with E-state index in [4.69, 9.17) is 0 Å². The van der Waals surface area contributed by atoms with Crippen LogP contribution in [0.1, 0.15) is 35.0 Å². The zero-order chi connectivity index (χ0) is 14.7. The lowest BCUT2D eigenvalue weighted by molar-refractivity contribution is 0.173. The molecule has 0 amide bonds. The van der Waals surface area contributed by atoms with Crippen LogP contribution in [-0.2, 0) is 26.3 Å². The normalized spacial score (nSPS) is 12.7. The van der Waals surface area contributed by atoms with Crippen LogP contribution in [0.3, 0.4) is 0 Å². The highest BCUT2D eigenvalue weighted by Gasteiger charge is 2.11. The number of aromatic nitrogens is 2. The summed E-state index contributed by atoms with van der Waals surface area (Å²) >= 11 is 0. The Kier molecular flexibility index (Phi) is 4.61. The maximum Gasteiger partial charge on any atom is 0.0635 e. The number of aliphatic hydroxyl groups excluding tert-OH is 1. The van der Waals surface area contributed by atoms with Crippen LogP contribution in [-0.4, -0.2) is 21.0 Å². The lowest BCUT2D eigenvalue weighted by atomic mass is 10.00. The molecule has 2 aromatic rings. The van der Waals surface area contributed by atoms with Crippen LogP contribution in [0.15, 0.2) is 24.3 Å². The molecule has 1 unspecified atom stereocenters. The molecule has 3 heteroatoms. The van der Waals surface area contributed by atoms with Gasteiger partial charge in [-0.2, -0.15) is 5.10 Å². The van der Waals surface area contributed by atoms with Crippen LogP contribution in [0.5, 0.6) is 0 Å². The summed E-state index contributed by atoms with van der Waals surface area (Å²) in [7, 11) is 1.94. The monoisotopic (exact) mass is 272 g/mol.